The van der Waals surface area contributed by atoms with E-state index in [1.165, 1.54) is 18.2 Å². The van der Waals surface area contributed by atoms with Crippen molar-refractivity contribution in [2.24, 2.45) is 0 Å². The Morgan fingerprint density at radius 1 is 1.21 bits per heavy atom. The van der Waals surface area contributed by atoms with Crippen LogP contribution < -0.4 is 5.32 Å². The summed E-state index contributed by atoms with van der Waals surface area (Å²) < 4.78 is 48.2. The molecular formula is C16H15ClN4O5S3. The molecule has 0 saturated heterocycles. The number of nitrogens with one attached hydrogen (secondary N) is 1. The number of carbonyl (C=O) groups is 1. The first-order chi connectivity index (χ1) is 13.5. The number of hydrogen-bond donors (Lipinski definition) is 1. The molecule has 0 spiro atoms. The maximum absolute atomic E-state index is 12.6. The molecule has 0 aliphatic rings. The molecule has 1 aromatic carbocycles. The number of sulfone groups is 2. The summed E-state index contributed by atoms with van der Waals surface area (Å²) in [6.45, 7) is 1.70. The van der Waals surface area contributed by atoms with Crippen LogP contribution in [0.5, 0.6) is 0 Å². The number of nitrogens with zero attached hydrogens (tertiary/aromatic N) is 3. The van der Waals surface area contributed by atoms with Gasteiger partial charge in [0, 0.05) is 6.26 Å². The van der Waals surface area contributed by atoms with Crippen LogP contribution in [0.4, 0.5) is 5.13 Å². The molecule has 13 heteroatoms. The third-order valence-electron chi connectivity index (χ3n) is 3.70. The predicted octanol–water partition coefficient (Wildman–Crippen LogP) is 2.58. The van der Waals surface area contributed by atoms with Gasteiger partial charge in [-0.2, -0.15) is 0 Å². The SMILES string of the molecule is CCCS(=O)(=O)c1ncc(Cl)c(C(=O)Nc2nc3ccc(S(C)(=O)=O)cc3s2)n1. The number of anilines is 1. The molecule has 0 saturated carbocycles. The van der Waals surface area contributed by atoms with Crippen LogP contribution in [0.2, 0.25) is 5.02 Å². The third kappa shape index (κ3) is 4.71. The molecule has 0 unspecified atom stereocenters. The average molecular weight is 475 g/mol. The molecule has 3 rings (SSSR count). The molecule has 1 N–H and O–H groups in total. The van der Waals surface area contributed by atoms with Crippen molar-refractivity contribution in [1.82, 2.24) is 15.0 Å². The second kappa shape index (κ2) is 7.94. The molecule has 0 radical (unpaired) electrons. The van der Waals surface area contributed by atoms with Crippen LogP contribution in [0, 0.1) is 0 Å². The van der Waals surface area contributed by atoms with Crippen LogP contribution in [0.25, 0.3) is 10.2 Å². The summed E-state index contributed by atoms with van der Waals surface area (Å²) in [5.74, 6) is -0.913. The lowest BCUT2D eigenvalue weighted by Gasteiger charge is -2.06. The fourth-order valence-electron chi connectivity index (χ4n) is 2.37. The lowest BCUT2D eigenvalue weighted by Crippen LogP contribution is -2.18. The van der Waals surface area contributed by atoms with Gasteiger partial charge in [-0.25, -0.2) is 31.8 Å². The number of fused-ring (bicyclic) bond motifs is 1. The largest absolute Gasteiger partial charge is 0.296 e. The molecule has 1 amide bonds. The number of carbonyl (C=O) groups excluding carboxylic acids is 1. The highest BCUT2D eigenvalue weighted by atomic mass is 35.5. The van der Waals surface area contributed by atoms with Crippen LogP contribution >= 0.6 is 22.9 Å². The van der Waals surface area contributed by atoms with E-state index in [1.807, 2.05) is 0 Å². The Morgan fingerprint density at radius 3 is 2.59 bits per heavy atom. The summed E-state index contributed by atoms with van der Waals surface area (Å²) >= 11 is 7.03. The van der Waals surface area contributed by atoms with E-state index in [2.05, 4.69) is 20.3 Å². The standard InChI is InChI=1S/C16H15ClN4O5S3/c1-3-6-29(25,26)16-18-8-10(17)13(20-16)14(22)21-15-19-11-5-4-9(28(2,23)24)7-12(11)27-15/h4-5,7-8H,3,6H2,1-2H3,(H,19,21,22). The maximum atomic E-state index is 12.6. The third-order valence-corrected chi connectivity index (χ3v) is 7.72. The molecular weight excluding hydrogens is 460 g/mol. The summed E-state index contributed by atoms with van der Waals surface area (Å²) in [5, 5.41) is 2.10. The zero-order valence-corrected chi connectivity index (χ0v) is 18.4. The molecule has 2 heterocycles. The van der Waals surface area contributed by atoms with Crippen molar-refractivity contribution in [2.45, 2.75) is 23.4 Å². The average Bonchev–Trinajstić information content (AvgIpc) is 3.02. The highest BCUT2D eigenvalue weighted by molar-refractivity contribution is 7.91. The topological polar surface area (TPSA) is 136 Å². The second-order valence-electron chi connectivity index (χ2n) is 6.04. The van der Waals surface area contributed by atoms with Crippen molar-refractivity contribution >= 4 is 63.9 Å². The zero-order valence-electron chi connectivity index (χ0n) is 15.2. The Hall–Kier alpha value is -2.15. The Bertz CT molecular complexity index is 1320. The van der Waals surface area contributed by atoms with Crippen molar-refractivity contribution in [3.05, 3.63) is 35.1 Å². The van der Waals surface area contributed by atoms with Gasteiger partial charge in [-0.15, -0.1) is 0 Å². The summed E-state index contributed by atoms with van der Waals surface area (Å²) in [7, 11) is -7.11. The van der Waals surface area contributed by atoms with Gasteiger partial charge in [0.25, 0.3) is 5.91 Å². The normalized spacial score (nSPS) is 12.2. The van der Waals surface area contributed by atoms with Gasteiger partial charge in [0.05, 0.1) is 32.1 Å². The Balaban J connectivity index is 1.92. The lowest BCUT2D eigenvalue weighted by atomic mass is 10.3. The van der Waals surface area contributed by atoms with Crippen molar-refractivity contribution in [1.29, 1.82) is 0 Å². The summed E-state index contributed by atoms with van der Waals surface area (Å²) in [6, 6.07) is 4.42. The number of halogens is 1. The van der Waals surface area contributed by atoms with Crippen molar-refractivity contribution in [3.8, 4) is 0 Å². The Labute approximate surface area is 176 Å². The van der Waals surface area contributed by atoms with Crippen LogP contribution in [0.3, 0.4) is 0 Å². The van der Waals surface area contributed by atoms with Crippen LogP contribution in [-0.4, -0.2) is 49.7 Å². The minimum absolute atomic E-state index is 0.113. The molecule has 0 aliphatic carbocycles. The van der Waals surface area contributed by atoms with Gasteiger partial charge in [0.15, 0.2) is 20.7 Å². The van der Waals surface area contributed by atoms with Crippen LogP contribution in [0.1, 0.15) is 23.8 Å². The number of hydrogen-bond acceptors (Lipinski definition) is 9. The molecule has 0 fully saturated rings. The fourth-order valence-corrected chi connectivity index (χ4v) is 5.33. The first-order valence-electron chi connectivity index (χ1n) is 8.18. The van der Waals surface area contributed by atoms with Crippen molar-refractivity contribution < 1.29 is 21.6 Å². The van der Waals surface area contributed by atoms with E-state index in [-0.39, 0.29) is 26.5 Å². The van der Waals surface area contributed by atoms with E-state index in [0.29, 0.717) is 16.6 Å². The van der Waals surface area contributed by atoms with E-state index in [9.17, 15) is 21.6 Å². The highest BCUT2D eigenvalue weighted by Crippen LogP contribution is 2.29. The molecule has 0 atom stereocenters. The maximum Gasteiger partial charge on any atom is 0.277 e. The summed E-state index contributed by atoms with van der Waals surface area (Å²) in [5.41, 5.74) is 0.199. The van der Waals surface area contributed by atoms with Gasteiger partial charge in [0.1, 0.15) is 0 Å². The number of rotatable bonds is 6. The van der Waals surface area contributed by atoms with E-state index in [1.54, 1.807) is 6.92 Å². The smallest absolute Gasteiger partial charge is 0.277 e. The Morgan fingerprint density at radius 2 is 1.93 bits per heavy atom. The van der Waals surface area contributed by atoms with E-state index < -0.39 is 30.7 Å². The fraction of sp³-hybridized carbons (Fsp3) is 0.250. The molecule has 0 aliphatic heterocycles. The monoisotopic (exact) mass is 474 g/mol. The van der Waals surface area contributed by atoms with Gasteiger partial charge < -0.3 is 0 Å². The number of aromatic nitrogens is 3. The molecule has 154 valence electrons. The minimum Gasteiger partial charge on any atom is -0.296 e. The van der Waals surface area contributed by atoms with Gasteiger partial charge in [-0.1, -0.05) is 29.9 Å². The zero-order chi connectivity index (χ0) is 21.4. The molecule has 2 aromatic heterocycles. The molecule has 9 nitrogen and oxygen atoms in total. The number of thiazole rings is 1. The van der Waals surface area contributed by atoms with Gasteiger partial charge in [-0.05, 0) is 24.6 Å². The molecule has 0 bridgehead atoms. The summed E-state index contributed by atoms with van der Waals surface area (Å²) in [6.07, 6.45) is 2.53. The van der Waals surface area contributed by atoms with E-state index >= 15 is 0 Å². The quantitative estimate of drug-likeness (QED) is 0.538. The highest BCUT2D eigenvalue weighted by Gasteiger charge is 2.22. The van der Waals surface area contributed by atoms with Crippen LogP contribution in [0.15, 0.2) is 34.4 Å². The minimum atomic E-state index is -3.73. The molecule has 29 heavy (non-hydrogen) atoms. The Kier molecular flexibility index (Phi) is 5.90. The summed E-state index contributed by atoms with van der Waals surface area (Å²) in [4.78, 5) is 24.4. The number of benzene rings is 1. The first kappa shape index (κ1) is 21.6. The van der Waals surface area contributed by atoms with Crippen molar-refractivity contribution in [2.75, 3.05) is 17.3 Å². The lowest BCUT2D eigenvalue weighted by molar-refractivity contribution is 0.102. The van der Waals surface area contributed by atoms with E-state index in [4.69, 9.17) is 11.6 Å². The predicted molar refractivity (Wildman–Crippen MR) is 110 cm³/mol. The van der Waals surface area contributed by atoms with Crippen molar-refractivity contribution in [3.63, 3.8) is 0 Å². The van der Waals surface area contributed by atoms with Crippen LogP contribution in [-0.2, 0) is 19.7 Å². The van der Waals surface area contributed by atoms with Gasteiger partial charge in [0.2, 0.25) is 15.0 Å². The van der Waals surface area contributed by atoms with Gasteiger partial charge >= 0.3 is 0 Å². The number of amides is 1. The first-order valence-corrected chi connectivity index (χ1v) is 12.9. The molecule has 3 aromatic rings. The second-order valence-corrected chi connectivity index (χ2v) is 11.5. The van der Waals surface area contributed by atoms with Gasteiger partial charge in [-0.3, -0.25) is 10.1 Å². The van der Waals surface area contributed by atoms with E-state index in [0.717, 1.165) is 23.8 Å².